The summed E-state index contributed by atoms with van der Waals surface area (Å²) in [7, 11) is 0. The second-order valence-corrected chi connectivity index (χ2v) is 8.48. The molecule has 1 fully saturated rings. The van der Waals surface area contributed by atoms with Crippen LogP contribution in [0.3, 0.4) is 0 Å². The van der Waals surface area contributed by atoms with Crippen LogP contribution in [0.15, 0.2) is 51.3 Å². The fourth-order valence-corrected chi connectivity index (χ4v) is 4.81. The predicted octanol–water partition coefficient (Wildman–Crippen LogP) is 6.50. The lowest BCUT2D eigenvalue weighted by atomic mass is 9.89. The zero-order valence-corrected chi connectivity index (χ0v) is 17.3. The SMILES string of the molecule is FC(F)(F)c1cc(Oc2ccc(C3CCCN4CCSN=C34)cc2)ccc1Br. The average molecular weight is 471 g/mol. The Morgan fingerprint density at radius 3 is 2.57 bits per heavy atom. The molecular weight excluding hydrogens is 453 g/mol. The van der Waals surface area contributed by atoms with Crippen LogP contribution in [0.1, 0.15) is 29.9 Å². The van der Waals surface area contributed by atoms with E-state index in [4.69, 9.17) is 4.74 Å². The maximum Gasteiger partial charge on any atom is 0.417 e. The Bertz CT molecular complexity index is 886. The molecule has 2 aromatic rings. The third-order valence-corrected chi connectivity index (χ3v) is 6.30. The molecule has 3 nitrogen and oxygen atoms in total. The van der Waals surface area contributed by atoms with Crippen molar-refractivity contribution in [3.05, 3.63) is 58.1 Å². The Hall–Kier alpha value is -1.67. The van der Waals surface area contributed by atoms with Crippen LogP contribution in [0, 0.1) is 0 Å². The number of ether oxygens (including phenoxy) is 1. The molecule has 2 aromatic carbocycles. The van der Waals surface area contributed by atoms with Gasteiger partial charge < -0.3 is 9.64 Å². The summed E-state index contributed by atoms with van der Waals surface area (Å²) in [5.41, 5.74) is 0.404. The molecule has 0 N–H and O–H groups in total. The Balaban J connectivity index is 1.52. The molecule has 0 bridgehead atoms. The van der Waals surface area contributed by atoms with Gasteiger partial charge in [-0.05, 0) is 60.7 Å². The van der Waals surface area contributed by atoms with Crippen molar-refractivity contribution in [2.75, 3.05) is 18.8 Å². The minimum atomic E-state index is -4.44. The third-order valence-electron chi connectivity index (χ3n) is 4.93. The summed E-state index contributed by atoms with van der Waals surface area (Å²) in [4.78, 5) is 2.36. The first-order chi connectivity index (χ1) is 13.4. The minimum absolute atomic E-state index is 0.00400. The number of benzene rings is 2. The van der Waals surface area contributed by atoms with Gasteiger partial charge in [0.25, 0.3) is 0 Å². The van der Waals surface area contributed by atoms with Gasteiger partial charge in [-0.3, -0.25) is 0 Å². The molecule has 1 unspecified atom stereocenters. The molecule has 0 saturated carbocycles. The second kappa shape index (κ2) is 7.99. The Labute approximate surface area is 174 Å². The van der Waals surface area contributed by atoms with Gasteiger partial charge in [0.05, 0.1) is 5.56 Å². The first-order valence-electron chi connectivity index (χ1n) is 9.01. The molecule has 1 saturated heterocycles. The molecule has 2 aliphatic heterocycles. The van der Waals surface area contributed by atoms with Crippen LogP contribution >= 0.6 is 27.9 Å². The number of fused-ring (bicyclic) bond motifs is 1. The minimum Gasteiger partial charge on any atom is -0.457 e. The van der Waals surface area contributed by atoms with Crippen molar-refractivity contribution in [1.29, 1.82) is 0 Å². The van der Waals surface area contributed by atoms with Gasteiger partial charge in [-0.2, -0.15) is 13.2 Å². The number of hydrogen-bond donors (Lipinski definition) is 0. The Morgan fingerprint density at radius 1 is 1.07 bits per heavy atom. The molecule has 0 amide bonds. The molecule has 0 aromatic heterocycles. The third kappa shape index (κ3) is 4.17. The van der Waals surface area contributed by atoms with Crippen LogP contribution in [0.4, 0.5) is 13.2 Å². The highest BCUT2D eigenvalue weighted by molar-refractivity contribution is 9.10. The van der Waals surface area contributed by atoms with Gasteiger partial charge in [-0.15, -0.1) is 0 Å². The Morgan fingerprint density at radius 2 is 1.82 bits per heavy atom. The standard InChI is InChI=1S/C20H18BrF3N2OS/c21-18-8-7-15(12-17(18)20(22,23)24)27-14-5-3-13(4-6-14)16-2-1-9-26-10-11-28-25-19(16)26/h3-8,12,16H,1-2,9-11H2. The lowest BCUT2D eigenvalue weighted by Crippen LogP contribution is -2.42. The van der Waals surface area contributed by atoms with Gasteiger partial charge in [0, 0.05) is 29.2 Å². The molecule has 8 heteroatoms. The molecule has 2 aliphatic rings. The quantitative estimate of drug-likeness (QED) is 0.478. The number of rotatable bonds is 3. The molecule has 148 valence electrons. The smallest absolute Gasteiger partial charge is 0.417 e. The van der Waals surface area contributed by atoms with Crippen LogP contribution in [0.25, 0.3) is 0 Å². The summed E-state index contributed by atoms with van der Waals surface area (Å²) in [5.74, 6) is 3.09. The average Bonchev–Trinajstić information content (AvgIpc) is 2.69. The van der Waals surface area contributed by atoms with Crippen molar-refractivity contribution in [2.45, 2.75) is 24.9 Å². The van der Waals surface area contributed by atoms with E-state index in [1.165, 1.54) is 12.1 Å². The number of alkyl halides is 3. The monoisotopic (exact) mass is 470 g/mol. The van der Waals surface area contributed by atoms with Crippen LogP contribution in [-0.4, -0.2) is 29.6 Å². The lowest BCUT2D eigenvalue weighted by Gasteiger charge is -2.37. The fourth-order valence-electron chi connectivity index (χ4n) is 3.57. The molecule has 2 heterocycles. The Kier molecular flexibility index (Phi) is 5.60. The molecule has 0 radical (unpaired) electrons. The number of nitrogens with zero attached hydrogens (tertiary/aromatic N) is 2. The van der Waals surface area contributed by atoms with E-state index in [2.05, 4.69) is 25.2 Å². The van der Waals surface area contributed by atoms with Crippen molar-refractivity contribution in [3.63, 3.8) is 0 Å². The summed E-state index contributed by atoms with van der Waals surface area (Å²) in [6.45, 7) is 2.09. The summed E-state index contributed by atoms with van der Waals surface area (Å²) in [6.07, 6.45) is -2.25. The van der Waals surface area contributed by atoms with Gasteiger partial charge in [-0.25, -0.2) is 4.40 Å². The van der Waals surface area contributed by atoms with E-state index in [1.54, 1.807) is 24.1 Å². The molecule has 4 rings (SSSR count). The van der Waals surface area contributed by atoms with Crippen molar-refractivity contribution >= 4 is 33.7 Å². The van der Waals surface area contributed by atoms with E-state index in [-0.39, 0.29) is 16.1 Å². The normalized spacial score (nSPS) is 19.8. The fraction of sp³-hybridized carbons (Fsp3) is 0.350. The van der Waals surface area contributed by atoms with Crippen LogP contribution in [0.2, 0.25) is 0 Å². The maximum absolute atomic E-state index is 13.1. The van der Waals surface area contributed by atoms with Gasteiger partial charge >= 0.3 is 6.18 Å². The summed E-state index contributed by atoms with van der Waals surface area (Å²) in [6, 6.07) is 11.4. The van der Waals surface area contributed by atoms with Crippen molar-refractivity contribution in [3.8, 4) is 11.5 Å². The molecular formula is C20H18BrF3N2OS. The van der Waals surface area contributed by atoms with E-state index >= 15 is 0 Å². The van der Waals surface area contributed by atoms with E-state index in [0.29, 0.717) is 5.75 Å². The lowest BCUT2D eigenvalue weighted by molar-refractivity contribution is -0.138. The van der Waals surface area contributed by atoms with E-state index in [1.807, 2.05) is 12.1 Å². The van der Waals surface area contributed by atoms with E-state index < -0.39 is 11.7 Å². The van der Waals surface area contributed by atoms with Gasteiger partial charge in [0.2, 0.25) is 0 Å². The first-order valence-corrected chi connectivity index (χ1v) is 10.7. The van der Waals surface area contributed by atoms with Gasteiger partial charge in [0.15, 0.2) is 0 Å². The maximum atomic E-state index is 13.1. The van der Waals surface area contributed by atoms with Crippen LogP contribution < -0.4 is 4.74 Å². The number of hydrogen-bond acceptors (Lipinski definition) is 4. The number of piperidine rings is 1. The zero-order valence-electron chi connectivity index (χ0n) is 14.9. The summed E-state index contributed by atoms with van der Waals surface area (Å²) in [5, 5.41) is 0. The number of amidine groups is 1. The molecule has 0 spiro atoms. The highest BCUT2D eigenvalue weighted by atomic mass is 79.9. The largest absolute Gasteiger partial charge is 0.457 e. The van der Waals surface area contributed by atoms with E-state index in [9.17, 15) is 13.2 Å². The van der Waals surface area contributed by atoms with Gasteiger partial charge in [-0.1, -0.05) is 28.1 Å². The topological polar surface area (TPSA) is 24.8 Å². The van der Waals surface area contributed by atoms with Crippen LogP contribution in [-0.2, 0) is 6.18 Å². The van der Waals surface area contributed by atoms with Crippen molar-refractivity contribution in [1.82, 2.24) is 4.90 Å². The summed E-state index contributed by atoms with van der Waals surface area (Å²) >= 11 is 4.55. The predicted molar refractivity (Wildman–Crippen MR) is 109 cm³/mol. The van der Waals surface area contributed by atoms with Crippen molar-refractivity contribution in [2.24, 2.45) is 4.40 Å². The molecule has 0 aliphatic carbocycles. The van der Waals surface area contributed by atoms with Gasteiger partial charge in [0.1, 0.15) is 17.3 Å². The molecule has 28 heavy (non-hydrogen) atoms. The summed E-state index contributed by atoms with van der Waals surface area (Å²) < 4.78 is 49.5. The molecule has 1 atom stereocenters. The van der Waals surface area contributed by atoms with Crippen molar-refractivity contribution < 1.29 is 17.9 Å². The first kappa shape index (κ1) is 19.6. The van der Waals surface area contributed by atoms with Crippen LogP contribution in [0.5, 0.6) is 11.5 Å². The zero-order chi connectivity index (χ0) is 19.7. The van der Waals surface area contributed by atoms with E-state index in [0.717, 1.165) is 49.1 Å². The highest BCUT2D eigenvalue weighted by Gasteiger charge is 2.33. The second-order valence-electron chi connectivity index (χ2n) is 6.78. The highest BCUT2D eigenvalue weighted by Crippen LogP contribution is 2.38. The number of halogens is 4.